The second-order valence-corrected chi connectivity index (χ2v) is 6.15. The van der Waals surface area contributed by atoms with Crippen LogP contribution in [0.4, 0.5) is 0 Å². The Hall–Kier alpha value is -2.01. The lowest BCUT2D eigenvalue weighted by Gasteiger charge is -2.27. The minimum Gasteiger partial charge on any atom is -0.480 e. The highest BCUT2D eigenvalue weighted by Gasteiger charge is 2.41. The normalized spacial score (nSPS) is 21.7. The van der Waals surface area contributed by atoms with Crippen molar-refractivity contribution in [2.24, 2.45) is 0 Å². The molecule has 0 unspecified atom stereocenters. The molecule has 1 N–H and O–H groups in total. The number of hydrogen-bond acceptors (Lipinski definition) is 3. The highest BCUT2D eigenvalue weighted by molar-refractivity contribution is 7.99. The largest absolute Gasteiger partial charge is 0.480 e. The molecule has 1 aliphatic rings. The van der Waals surface area contributed by atoms with Gasteiger partial charge < -0.3 is 10.0 Å². The number of rotatable bonds is 2. The second-order valence-electron chi connectivity index (χ2n) is 5.03. The molecular weight excluding hydrogens is 286 g/mol. The van der Waals surface area contributed by atoms with Crippen molar-refractivity contribution in [1.29, 1.82) is 0 Å². The van der Waals surface area contributed by atoms with Crippen molar-refractivity contribution in [1.82, 2.24) is 4.90 Å². The minimum atomic E-state index is -0.944. The first-order valence-corrected chi connectivity index (χ1v) is 7.75. The smallest absolute Gasteiger partial charge is 0.327 e. The average molecular weight is 301 g/mol. The molecule has 108 valence electrons. The van der Waals surface area contributed by atoms with E-state index in [1.165, 1.54) is 23.6 Å². The van der Waals surface area contributed by atoms with Gasteiger partial charge in [0, 0.05) is 12.7 Å². The molecule has 1 saturated heterocycles. The van der Waals surface area contributed by atoms with Crippen LogP contribution in [0.1, 0.15) is 17.9 Å². The molecule has 2 aromatic carbocycles. The van der Waals surface area contributed by atoms with Crippen LogP contribution in [0.15, 0.2) is 42.5 Å². The molecule has 1 amide bonds. The third-order valence-electron chi connectivity index (χ3n) is 3.74. The number of carboxylic acid groups (broad SMARTS) is 1. The van der Waals surface area contributed by atoms with Crippen molar-refractivity contribution in [2.75, 3.05) is 5.75 Å². The van der Waals surface area contributed by atoms with Gasteiger partial charge in [0.25, 0.3) is 0 Å². The fourth-order valence-corrected chi connectivity index (χ4v) is 4.30. The SMILES string of the molecule is CC(=O)N1[C@@H](c2cccc3ccccc23)SC[C@H]1C(=O)O. The van der Waals surface area contributed by atoms with Gasteiger partial charge in [-0.15, -0.1) is 11.8 Å². The maximum absolute atomic E-state index is 11.9. The van der Waals surface area contributed by atoms with Crippen LogP contribution in [0.2, 0.25) is 0 Å². The number of fused-ring (bicyclic) bond motifs is 1. The maximum Gasteiger partial charge on any atom is 0.327 e. The van der Waals surface area contributed by atoms with Crippen LogP contribution < -0.4 is 0 Å². The number of nitrogens with zero attached hydrogens (tertiary/aromatic N) is 1. The fourth-order valence-electron chi connectivity index (χ4n) is 2.79. The van der Waals surface area contributed by atoms with E-state index in [4.69, 9.17) is 0 Å². The van der Waals surface area contributed by atoms with E-state index >= 15 is 0 Å². The Balaban J connectivity index is 2.10. The molecule has 4 nitrogen and oxygen atoms in total. The highest BCUT2D eigenvalue weighted by Crippen LogP contribution is 2.43. The average Bonchev–Trinajstić information content (AvgIpc) is 2.91. The highest BCUT2D eigenvalue weighted by atomic mass is 32.2. The van der Waals surface area contributed by atoms with Gasteiger partial charge in [0.2, 0.25) is 5.91 Å². The molecule has 21 heavy (non-hydrogen) atoms. The van der Waals surface area contributed by atoms with Gasteiger partial charge in [-0.25, -0.2) is 4.79 Å². The summed E-state index contributed by atoms with van der Waals surface area (Å²) in [7, 11) is 0. The Kier molecular flexibility index (Phi) is 3.59. The van der Waals surface area contributed by atoms with Crippen LogP contribution in [0.25, 0.3) is 10.8 Å². The lowest BCUT2D eigenvalue weighted by molar-refractivity contribution is -0.148. The zero-order chi connectivity index (χ0) is 15.0. The standard InChI is InChI=1S/C16H15NO3S/c1-10(18)17-14(16(19)20)9-21-15(17)13-8-4-6-11-5-2-3-7-12(11)13/h2-8,14-15H,9H2,1H3,(H,19,20)/t14-,15+/m0/s1. The number of carbonyl (C=O) groups excluding carboxylic acids is 1. The topological polar surface area (TPSA) is 57.6 Å². The van der Waals surface area contributed by atoms with Crippen molar-refractivity contribution in [2.45, 2.75) is 18.3 Å². The summed E-state index contributed by atoms with van der Waals surface area (Å²) >= 11 is 1.51. The summed E-state index contributed by atoms with van der Waals surface area (Å²) in [5.41, 5.74) is 0.997. The molecule has 2 aromatic rings. The Morgan fingerprint density at radius 1 is 1.19 bits per heavy atom. The van der Waals surface area contributed by atoms with Gasteiger partial charge in [0.1, 0.15) is 11.4 Å². The molecule has 1 aliphatic heterocycles. The Morgan fingerprint density at radius 3 is 2.62 bits per heavy atom. The summed E-state index contributed by atoms with van der Waals surface area (Å²) < 4.78 is 0. The first-order chi connectivity index (χ1) is 10.1. The van der Waals surface area contributed by atoms with Crippen LogP contribution in [0.5, 0.6) is 0 Å². The Bertz CT molecular complexity index is 710. The van der Waals surface area contributed by atoms with E-state index in [1.807, 2.05) is 42.5 Å². The zero-order valence-corrected chi connectivity index (χ0v) is 12.3. The van der Waals surface area contributed by atoms with E-state index in [0.717, 1.165) is 16.3 Å². The van der Waals surface area contributed by atoms with Crippen LogP contribution in [-0.2, 0) is 9.59 Å². The molecule has 1 heterocycles. The van der Waals surface area contributed by atoms with Gasteiger partial charge in [0.05, 0.1) is 0 Å². The lowest BCUT2D eigenvalue weighted by atomic mass is 10.0. The summed E-state index contributed by atoms with van der Waals surface area (Å²) in [5.74, 6) is -0.728. The van der Waals surface area contributed by atoms with E-state index < -0.39 is 12.0 Å². The predicted molar refractivity (Wildman–Crippen MR) is 83.1 cm³/mol. The van der Waals surface area contributed by atoms with Gasteiger partial charge in [-0.05, 0) is 16.3 Å². The molecular formula is C16H15NO3S. The van der Waals surface area contributed by atoms with Gasteiger partial charge in [0.15, 0.2) is 0 Å². The number of amides is 1. The van der Waals surface area contributed by atoms with E-state index in [9.17, 15) is 14.7 Å². The van der Waals surface area contributed by atoms with Crippen molar-refractivity contribution >= 4 is 34.4 Å². The van der Waals surface area contributed by atoms with Crippen molar-refractivity contribution in [3.8, 4) is 0 Å². The molecule has 3 rings (SSSR count). The summed E-state index contributed by atoms with van der Waals surface area (Å²) in [6.07, 6.45) is 0. The maximum atomic E-state index is 11.9. The molecule has 0 bridgehead atoms. The van der Waals surface area contributed by atoms with Crippen LogP contribution >= 0.6 is 11.8 Å². The van der Waals surface area contributed by atoms with Gasteiger partial charge in [-0.3, -0.25) is 4.79 Å². The van der Waals surface area contributed by atoms with E-state index in [-0.39, 0.29) is 11.3 Å². The molecule has 0 radical (unpaired) electrons. The number of carboxylic acids is 1. The van der Waals surface area contributed by atoms with E-state index in [1.54, 1.807) is 0 Å². The van der Waals surface area contributed by atoms with Crippen molar-refractivity contribution in [3.63, 3.8) is 0 Å². The number of aliphatic carboxylic acids is 1. The molecule has 5 heteroatoms. The first-order valence-electron chi connectivity index (χ1n) is 6.70. The zero-order valence-electron chi connectivity index (χ0n) is 11.5. The minimum absolute atomic E-state index is 0.203. The lowest BCUT2D eigenvalue weighted by Crippen LogP contribution is -2.41. The third-order valence-corrected chi connectivity index (χ3v) is 5.04. The Morgan fingerprint density at radius 2 is 1.90 bits per heavy atom. The van der Waals surface area contributed by atoms with Gasteiger partial charge in [-0.2, -0.15) is 0 Å². The number of carbonyl (C=O) groups is 2. The van der Waals surface area contributed by atoms with Crippen LogP contribution in [-0.4, -0.2) is 33.7 Å². The molecule has 0 spiro atoms. The third kappa shape index (κ3) is 2.38. The second kappa shape index (κ2) is 5.41. The first kappa shape index (κ1) is 13.9. The number of hydrogen-bond donors (Lipinski definition) is 1. The van der Waals surface area contributed by atoms with Crippen LogP contribution in [0, 0.1) is 0 Å². The molecule has 1 fully saturated rings. The van der Waals surface area contributed by atoms with Crippen molar-refractivity contribution in [3.05, 3.63) is 48.0 Å². The van der Waals surface area contributed by atoms with Crippen LogP contribution in [0.3, 0.4) is 0 Å². The van der Waals surface area contributed by atoms with E-state index in [0.29, 0.717) is 5.75 Å². The fraction of sp³-hybridized carbons (Fsp3) is 0.250. The van der Waals surface area contributed by atoms with Gasteiger partial charge >= 0.3 is 5.97 Å². The molecule has 2 atom stereocenters. The monoisotopic (exact) mass is 301 g/mol. The van der Waals surface area contributed by atoms with Gasteiger partial charge in [-0.1, -0.05) is 42.5 Å². The number of benzene rings is 2. The summed E-state index contributed by atoms with van der Waals surface area (Å²) in [4.78, 5) is 24.8. The summed E-state index contributed by atoms with van der Waals surface area (Å²) in [6.45, 7) is 1.43. The Labute approximate surface area is 126 Å². The molecule has 0 aromatic heterocycles. The predicted octanol–water partition coefficient (Wildman–Crippen LogP) is 2.89. The molecule has 0 saturated carbocycles. The van der Waals surface area contributed by atoms with E-state index in [2.05, 4.69) is 0 Å². The molecule has 0 aliphatic carbocycles. The summed E-state index contributed by atoms with van der Waals surface area (Å²) in [6, 6.07) is 13.1. The summed E-state index contributed by atoms with van der Waals surface area (Å²) in [5, 5.41) is 11.2. The van der Waals surface area contributed by atoms with Crippen molar-refractivity contribution < 1.29 is 14.7 Å². The number of thioether (sulfide) groups is 1. The quantitative estimate of drug-likeness (QED) is 0.926.